The van der Waals surface area contributed by atoms with Gasteiger partial charge in [0.1, 0.15) is 0 Å². The molecule has 1 aromatic carbocycles. The van der Waals surface area contributed by atoms with E-state index in [4.69, 9.17) is 11.6 Å². The Balaban J connectivity index is 0.00000312. The molecule has 1 aliphatic rings. The summed E-state index contributed by atoms with van der Waals surface area (Å²) >= 11 is 6.04. The number of guanidine groups is 1. The first kappa shape index (κ1) is 22.5. The van der Waals surface area contributed by atoms with Crippen molar-refractivity contribution >= 4 is 41.5 Å². The molecule has 1 fully saturated rings. The number of piperidine rings is 1. The Hall–Kier alpha value is -0.530. The van der Waals surface area contributed by atoms with Gasteiger partial charge in [-0.15, -0.1) is 24.0 Å². The van der Waals surface area contributed by atoms with Gasteiger partial charge >= 0.3 is 0 Å². The molecule has 6 heteroatoms. The Morgan fingerprint density at radius 1 is 1.36 bits per heavy atom. The van der Waals surface area contributed by atoms with Crippen LogP contribution >= 0.6 is 35.6 Å². The monoisotopic (exact) mass is 478 g/mol. The number of halogens is 2. The van der Waals surface area contributed by atoms with Crippen molar-refractivity contribution in [3.63, 3.8) is 0 Å². The van der Waals surface area contributed by atoms with Gasteiger partial charge in [0.25, 0.3) is 0 Å². The standard InChI is InChI=1S/C19H31ClN4.HI/c1-4-21-19(22-12-16-7-5-9-18(20)11-16)23-13-17-8-6-10-24(14-17)15(2)3;/h5,7,9,11,15,17H,4,6,8,10,12-14H2,1-3H3,(H2,21,22,23);1H. The minimum absolute atomic E-state index is 0. The lowest BCUT2D eigenvalue weighted by molar-refractivity contribution is 0.141. The van der Waals surface area contributed by atoms with Gasteiger partial charge in [-0.25, -0.2) is 4.99 Å². The number of likely N-dealkylation sites (tertiary alicyclic amines) is 1. The summed E-state index contributed by atoms with van der Waals surface area (Å²) < 4.78 is 0. The lowest BCUT2D eigenvalue weighted by Crippen LogP contribution is -2.46. The molecule has 0 amide bonds. The summed E-state index contributed by atoms with van der Waals surface area (Å²) in [5.41, 5.74) is 1.13. The normalized spacial score (nSPS) is 18.8. The molecular formula is C19H32ClIN4. The van der Waals surface area contributed by atoms with Crippen LogP contribution in [0.5, 0.6) is 0 Å². The highest BCUT2D eigenvalue weighted by molar-refractivity contribution is 14.0. The highest BCUT2D eigenvalue weighted by Gasteiger charge is 2.21. The van der Waals surface area contributed by atoms with Crippen molar-refractivity contribution in [2.75, 3.05) is 26.2 Å². The average molecular weight is 479 g/mol. The van der Waals surface area contributed by atoms with E-state index in [9.17, 15) is 0 Å². The lowest BCUT2D eigenvalue weighted by Gasteiger charge is -2.35. The smallest absolute Gasteiger partial charge is 0.191 e. The molecule has 1 heterocycles. The Bertz CT molecular complexity index is 536. The summed E-state index contributed by atoms with van der Waals surface area (Å²) in [6.07, 6.45) is 2.59. The molecule has 142 valence electrons. The molecule has 0 radical (unpaired) electrons. The van der Waals surface area contributed by atoms with Crippen molar-refractivity contribution in [3.05, 3.63) is 34.9 Å². The average Bonchev–Trinajstić information content (AvgIpc) is 2.57. The largest absolute Gasteiger partial charge is 0.357 e. The first-order chi connectivity index (χ1) is 11.6. The maximum absolute atomic E-state index is 6.04. The summed E-state index contributed by atoms with van der Waals surface area (Å²) in [7, 11) is 0. The quantitative estimate of drug-likeness (QED) is 0.367. The number of hydrogen-bond donors (Lipinski definition) is 2. The van der Waals surface area contributed by atoms with E-state index >= 15 is 0 Å². The van der Waals surface area contributed by atoms with Crippen LogP contribution in [0, 0.1) is 5.92 Å². The molecule has 1 aromatic rings. The van der Waals surface area contributed by atoms with Crippen molar-refractivity contribution in [3.8, 4) is 0 Å². The van der Waals surface area contributed by atoms with Crippen molar-refractivity contribution in [1.82, 2.24) is 15.5 Å². The molecule has 2 rings (SSSR count). The van der Waals surface area contributed by atoms with E-state index in [1.165, 1.54) is 25.9 Å². The Labute approximate surface area is 174 Å². The van der Waals surface area contributed by atoms with Gasteiger partial charge in [-0.2, -0.15) is 0 Å². The molecule has 1 saturated heterocycles. The third kappa shape index (κ3) is 8.13. The van der Waals surface area contributed by atoms with Gasteiger partial charge in [0.15, 0.2) is 5.96 Å². The van der Waals surface area contributed by atoms with Gasteiger partial charge in [0.2, 0.25) is 0 Å². The first-order valence-corrected chi connectivity index (χ1v) is 9.47. The first-order valence-electron chi connectivity index (χ1n) is 9.09. The molecule has 0 saturated carbocycles. The Kier molecular flexibility index (Phi) is 10.8. The topological polar surface area (TPSA) is 39.7 Å². The van der Waals surface area contributed by atoms with Crippen molar-refractivity contribution < 1.29 is 0 Å². The van der Waals surface area contributed by atoms with Gasteiger partial charge in [0, 0.05) is 30.7 Å². The number of aliphatic imine (C=N–C) groups is 1. The molecule has 1 aliphatic heterocycles. The molecule has 2 N–H and O–H groups in total. The predicted molar refractivity (Wildman–Crippen MR) is 119 cm³/mol. The van der Waals surface area contributed by atoms with E-state index in [0.29, 0.717) is 18.5 Å². The number of nitrogens with one attached hydrogen (secondary N) is 2. The van der Waals surface area contributed by atoms with E-state index in [2.05, 4.69) is 47.4 Å². The van der Waals surface area contributed by atoms with Gasteiger partial charge in [0.05, 0.1) is 6.54 Å². The second kappa shape index (κ2) is 12.0. The summed E-state index contributed by atoms with van der Waals surface area (Å²) in [6, 6.07) is 8.52. The van der Waals surface area contributed by atoms with Crippen molar-refractivity contribution in [2.45, 2.75) is 46.2 Å². The van der Waals surface area contributed by atoms with E-state index in [-0.39, 0.29) is 24.0 Å². The molecule has 0 aromatic heterocycles. The fourth-order valence-electron chi connectivity index (χ4n) is 3.12. The molecule has 1 unspecified atom stereocenters. The van der Waals surface area contributed by atoms with Crippen molar-refractivity contribution in [1.29, 1.82) is 0 Å². The van der Waals surface area contributed by atoms with Crippen LogP contribution in [0.1, 0.15) is 39.2 Å². The summed E-state index contributed by atoms with van der Waals surface area (Å²) in [5, 5.41) is 7.61. The maximum Gasteiger partial charge on any atom is 0.191 e. The van der Waals surface area contributed by atoms with E-state index in [1.807, 2.05) is 18.2 Å². The molecule has 0 bridgehead atoms. The van der Waals surface area contributed by atoms with Crippen LogP contribution in [0.25, 0.3) is 0 Å². The molecule has 4 nitrogen and oxygen atoms in total. The van der Waals surface area contributed by atoms with Crippen molar-refractivity contribution in [2.24, 2.45) is 10.9 Å². The highest BCUT2D eigenvalue weighted by Crippen LogP contribution is 2.17. The second-order valence-electron chi connectivity index (χ2n) is 6.80. The third-order valence-electron chi connectivity index (χ3n) is 4.49. The summed E-state index contributed by atoms with van der Waals surface area (Å²) in [5.74, 6) is 1.58. The summed E-state index contributed by atoms with van der Waals surface area (Å²) in [6.45, 7) is 11.6. The van der Waals surface area contributed by atoms with Gasteiger partial charge in [-0.3, -0.25) is 0 Å². The number of benzene rings is 1. The fourth-order valence-corrected chi connectivity index (χ4v) is 3.33. The van der Waals surface area contributed by atoms with Crippen LogP contribution in [-0.2, 0) is 6.54 Å². The molecular weight excluding hydrogens is 447 g/mol. The maximum atomic E-state index is 6.04. The van der Waals surface area contributed by atoms with Crippen LogP contribution in [-0.4, -0.2) is 43.1 Å². The number of rotatable bonds is 6. The third-order valence-corrected chi connectivity index (χ3v) is 4.73. The number of hydrogen-bond acceptors (Lipinski definition) is 2. The van der Waals surface area contributed by atoms with Gasteiger partial charge < -0.3 is 15.5 Å². The van der Waals surface area contributed by atoms with Crippen LogP contribution in [0.4, 0.5) is 0 Å². The Morgan fingerprint density at radius 2 is 2.16 bits per heavy atom. The van der Waals surface area contributed by atoms with E-state index in [0.717, 1.165) is 29.6 Å². The van der Waals surface area contributed by atoms with Crippen LogP contribution in [0.2, 0.25) is 5.02 Å². The zero-order valence-corrected chi connectivity index (χ0v) is 18.7. The number of nitrogens with zero attached hydrogens (tertiary/aromatic N) is 2. The predicted octanol–water partition coefficient (Wildman–Crippen LogP) is 4.13. The second-order valence-corrected chi connectivity index (χ2v) is 7.24. The molecule has 0 spiro atoms. The fraction of sp³-hybridized carbons (Fsp3) is 0.632. The van der Waals surface area contributed by atoms with E-state index < -0.39 is 0 Å². The summed E-state index contributed by atoms with van der Waals surface area (Å²) in [4.78, 5) is 7.26. The van der Waals surface area contributed by atoms with E-state index in [1.54, 1.807) is 0 Å². The zero-order chi connectivity index (χ0) is 17.4. The minimum atomic E-state index is 0. The van der Waals surface area contributed by atoms with Crippen LogP contribution < -0.4 is 10.6 Å². The minimum Gasteiger partial charge on any atom is -0.357 e. The molecule has 0 aliphatic carbocycles. The lowest BCUT2D eigenvalue weighted by atomic mass is 9.97. The van der Waals surface area contributed by atoms with Gasteiger partial charge in [-0.05, 0) is 63.8 Å². The van der Waals surface area contributed by atoms with Gasteiger partial charge in [-0.1, -0.05) is 23.7 Å². The molecule has 1 atom stereocenters. The Morgan fingerprint density at radius 3 is 2.84 bits per heavy atom. The van der Waals surface area contributed by atoms with Crippen LogP contribution in [0.3, 0.4) is 0 Å². The zero-order valence-electron chi connectivity index (χ0n) is 15.6. The van der Waals surface area contributed by atoms with Crippen LogP contribution in [0.15, 0.2) is 29.3 Å². The molecule has 25 heavy (non-hydrogen) atoms. The SMILES string of the molecule is CCNC(=NCc1cccc(Cl)c1)NCC1CCCN(C(C)C)C1.I. The highest BCUT2D eigenvalue weighted by atomic mass is 127.